The van der Waals surface area contributed by atoms with E-state index in [1.165, 1.54) is 0 Å². The molecule has 1 aliphatic heterocycles. The molecular weight excluding hydrogens is 346 g/mol. The lowest BCUT2D eigenvalue weighted by Crippen LogP contribution is -2.50. The number of carbonyl (C=O) groups excluding carboxylic acids is 1. The van der Waals surface area contributed by atoms with Gasteiger partial charge in [-0.25, -0.2) is 9.67 Å². The second-order valence-corrected chi connectivity index (χ2v) is 6.02. The Morgan fingerprint density at radius 2 is 1.85 bits per heavy atom. The summed E-state index contributed by atoms with van der Waals surface area (Å²) < 4.78 is 7.08. The van der Waals surface area contributed by atoms with Crippen molar-refractivity contribution in [1.29, 1.82) is 0 Å². The number of ether oxygens (including phenoxy) is 1. The van der Waals surface area contributed by atoms with Gasteiger partial charge in [0.2, 0.25) is 5.88 Å². The van der Waals surface area contributed by atoms with E-state index in [2.05, 4.69) is 25.2 Å². The van der Waals surface area contributed by atoms with Crippen LogP contribution in [0.4, 0.5) is 5.82 Å². The first-order valence-electron chi connectivity index (χ1n) is 8.70. The standard InChI is InChI=1S/C18H19N7O2/c26-18(24-12-10-23(11-13-24)15-4-1-2-7-19-15)14-27-17-6-5-16(21-22-17)25-9-3-8-20-25/h1-9H,10-14H2. The molecule has 0 unspecified atom stereocenters. The molecule has 1 amide bonds. The molecule has 1 saturated heterocycles. The fraction of sp³-hybridized carbons (Fsp3) is 0.278. The number of anilines is 1. The number of aromatic nitrogens is 5. The van der Waals surface area contributed by atoms with E-state index in [4.69, 9.17) is 4.74 Å². The zero-order valence-corrected chi connectivity index (χ0v) is 14.7. The molecule has 0 saturated carbocycles. The van der Waals surface area contributed by atoms with E-state index in [1.807, 2.05) is 18.2 Å². The molecular formula is C18H19N7O2. The first kappa shape index (κ1) is 17.0. The lowest BCUT2D eigenvalue weighted by atomic mass is 10.3. The Morgan fingerprint density at radius 3 is 2.52 bits per heavy atom. The van der Waals surface area contributed by atoms with Gasteiger partial charge < -0.3 is 14.5 Å². The van der Waals surface area contributed by atoms with Gasteiger partial charge in [0.15, 0.2) is 12.4 Å². The first-order valence-corrected chi connectivity index (χ1v) is 8.70. The molecule has 0 aliphatic carbocycles. The molecule has 4 rings (SSSR count). The Morgan fingerprint density at radius 1 is 0.963 bits per heavy atom. The summed E-state index contributed by atoms with van der Waals surface area (Å²) in [5.41, 5.74) is 0. The predicted molar refractivity (Wildman–Crippen MR) is 97.7 cm³/mol. The van der Waals surface area contributed by atoms with Crippen LogP contribution in [0.2, 0.25) is 0 Å². The van der Waals surface area contributed by atoms with E-state index < -0.39 is 0 Å². The summed E-state index contributed by atoms with van der Waals surface area (Å²) in [6, 6.07) is 11.1. The van der Waals surface area contributed by atoms with E-state index >= 15 is 0 Å². The van der Waals surface area contributed by atoms with Gasteiger partial charge in [0.25, 0.3) is 5.91 Å². The number of rotatable bonds is 5. The van der Waals surface area contributed by atoms with Crippen molar-refractivity contribution in [1.82, 2.24) is 29.9 Å². The fourth-order valence-electron chi connectivity index (χ4n) is 2.87. The third-order valence-corrected chi connectivity index (χ3v) is 4.31. The number of nitrogens with zero attached hydrogens (tertiary/aromatic N) is 7. The van der Waals surface area contributed by atoms with Crippen LogP contribution >= 0.6 is 0 Å². The third kappa shape index (κ3) is 4.02. The molecule has 0 bridgehead atoms. The van der Waals surface area contributed by atoms with E-state index in [0.717, 1.165) is 18.9 Å². The van der Waals surface area contributed by atoms with Crippen molar-refractivity contribution < 1.29 is 9.53 Å². The fourth-order valence-corrected chi connectivity index (χ4v) is 2.87. The minimum absolute atomic E-state index is 0.0562. The Bertz CT molecular complexity index is 860. The number of pyridine rings is 1. The van der Waals surface area contributed by atoms with Crippen LogP contribution in [-0.4, -0.2) is 68.6 Å². The van der Waals surface area contributed by atoms with Crippen molar-refractivity contribution in [2.75, 3.05) is 37.7 Å². The third-order valence-electron chi connectivity index (χ3n) is 4.31. The monoisotopic (exact) mass is 365 g/mol. The quantitative estimate of drug-likeness (QED) is 0.660. The average Bonchev–Trinajstić information content (AvgIpc) is 3.28. The van der Waals surface area contributed by atoms with Crippen LogP contribution in [0.15, 0.2) is 55.0 Å². The predicted octanol–water partition coefficient (Wildman–Crippen LogP) is 0.785. The Balaban J connectivity index is 1.26. The number of piperazine rings is 1. The maximum absolute atomic E-state index is 12.4. The normalized spacial score (nSPS) is 14.2. The number of amides is 1. The van der Waals surface area contributed by atoms with Gasteiger partial charge in [-0.3, -0.25) is 4.79 Å². The molecule has 9 nitrogen and oxygen atoms in total. The smallest absolute Gasteiger partial charge is 0.260 e. The van der Waals surface area contributed by atoms with Crippen LogP contribution in [0.5, 0.6) is 5.88 Å². The highest BCUT2D eigenvalue weighted by Crippen LogP contribution is 2.13. The van der Waals surface area contributed by atoms with Gasteiger partial charge in [0.1, 0.15) is 5.82 Å². The van der Waals surface area contributed by atoms with E-state index in [0.29, 0.717) is 24.8 Å². The zero-order chi connectivity index (χ0) is 18.5. The van der Waals surface area contributed by atoms with Crippen LogP contribution in [0.3, 0.4) is 0 Å². The molecule has 1 aliphatic rings. The molecule has 0 aromatic carbocycles. The van der Waals surface area contributed by atoms with Crippen molar-refractivity contribution in [3.05, 3.63) is 55.0 Å². The van der Waals surface area contributed by atoms with Gasteiger partial charge in [0, 0.05) is 50.8 Å². The maximum atomic E-state index is 12.4. The molecule has 4 heterocycles. The molecule has 0 spiro atoms. The Kier molecular flexibility index (Phi) is 4.91. The SMILES string of the molecule is O=C(COc1ccc(-n2cccn2)nn1)N1CCN(c2ccccn2)CC1. The second-order valence-electron chi connectivity index (χ2n) is 6.02. The van der Waals surface area contributed by atoms with Crippen LogP contribution in [0.25, 0.3) is 5.82 Å². The topological polar surface area (TPSA) is 89.3 Å². The summed E-state index contributed by atoms with van der Waals surface area (Å²) >= 11 is 0. The lowest BCUT2D eigenvalue weighted by Gasteiger charge is -2.35. The van der Waals surface area contributed by atoms with Crippen molar-refractivity contribution in [2.24, 2.45) is 0 Å². The van der Waals surface area contributed by atoms with Crippen molar-refractivity contribution in [2.45, 2.75) is 0 Å². The van der Waals surface area contributed by atoms with Crippen LogP contribution in [-0.2, 0) is 4.79 Å². The molecule has 9 heteroatoms. The van der Waals surface area contributed by atoms with Crippen LogP contribution in [0, 0.1) is 0 Å². The Hall–Kier alpha value is -3.49. The molecule has 0 N–H and O–H groups in total. The number of hydrogen-bond acceptors (Lipinski definition) is 7. The highest BCUT2D eigenvalue weighted by Gasteiger charge is 2.22. The second kappa shape index (κ2) is 7.81. The molecule has 138 valence electrons. The summed E-state index contributed by atoms with van der Waals surface area (Å²) in [7, 11) is 0. The van der Waals surface area contributed by atoms with Gasteiger partial charge in [-0.1, -0.05) is 6.07 Å². The molecule has 3 aromatic rings. The summed E-state index contributed by atoms with van der Waals surface area (Å²) in [5.74, 6) is 1.78. The molecule has 0 atom stereocenters. The van der Waals surface area contributed by atoms with Gasteiger partial charge in [0.05, 0.1) is 0 Å². The number of carbonyl (C=O) groups is 1. The van der Waals surface area contributed by atoms with Gasteiger partial charge >= 0.3 is 0 Å². The minimum Gasteiger partial charge on any atom is -0.466 e. The zero-order valence-electron chi connectivity index (χ0n) is 14.7. The molecule has 3 aromatic heterocycles. The lowest BCUT2D eigenvalue weighted by molar-refractivity contribution is -0.133. The van der Waals surface area contributed by atoms with E-state index in [-0.39, 0.29) is 12.5 Å². The van der Waals surface area contributed by atoms with E-state index in [9.17, 15) is 4.79 Å². The number of hydrogen-bond donors (Lipinski definition) is 0. The largest absolute Gasteiger partial charge is 0.466 e. The van der Waals surface area contributed by atoms with Crippen molar-refractivity contribution in [3.8, 4) is 11.7 Å². The summed E-state index contributed by atoms with van der Waals surface area (Å²) in [6.45, 7) is 2.73. The summed E-state index contributed by atoms with van der Waals surface area (Å²) in [5, 5.41) is 12.1. The average molecular weight is 365 g/mol. The molecule has 0 radical (unpaired) electrons. The van der Waals surface area contributed by atoms with Gasteiger partial charge in [-0.15, -0.1) is 10.2 Å². The maximum Gasteiger partial charge on any atom is 0.260 e. The van der Waals surface area contributed by atoms with Crippen molar-refractivity contribution >= 4 is 11.7 Å². The van der Waals surface area contributed by atoms with Gasteiger partial charge in [-0.05, 0) is 24.3 Å². The first-order chi connectivity index (χ1) is 13.3. The molecule has 1 fully saturated rings. The van der Waals surface area contributed by atoms with Crippen LogP contribution < -0.4 is 9.64 Å². The van der Waals surface area contributed by atoms with E-state index in [1.54, 1.807) is 46.4 Å². The summed E-state index contributed by atoms with van der Waals surface area (Å²) in [6.07, 6.45) is 5.22. The van der Waals surface area contributed by atoms with Gasteiger partial charge in [-0.2, -0.15) is 5.10 Å². The van der Waals surface area contributed by atoms with Crippen molar-refractivity contribution in [3.63, 3.8) is 0 Å². The molecule has 27 heavy (non-hydrogen) atoms. The Labute approximate surface area is 156 Å². The highest BCUT2D eigenvalue weighted by atomic mass is 16.5. The minimum atomic E-state index is -0.0615. The summed E-state index contributed by atoms with van der Waals surface area (Å²) in [4.78, 5) is 20.7. The van der Waals surface area contributed by atoms with Crippen LogP contribution in [0.1, 0.15) is 0 Å². The highest BCUT2D eigenvalue weighted by molar-refractivity contribution is 5.78.